The van der Waals surface area contributed by atoms with Gasteiger partial charge in [-0.2, -0.15) is 0 Å². The van der Waals surface area contributed by atoms with E-state index >= 15 is 0 Å². The number of likely N-dealkylation sites (tertiary alicyclic amines) is 1. The SMILES string of the molecule is Cc1c(NC(=O)C(C)Sc2ccccc2Cl)cccc1C(=O)N1CCCC1. The number of rotatable bonds is 5. The van der Waals surface area contributed by atoms with Crippen molar-refractivity contribution in [2.45, 2.75) is 36.8 Å². The molecule has 2 amide bonds. The molecule has 1 unspecified atom stereocenters. The topological polar surface area (TPSA) is 49.4 Å². The predicted molar refractivity (Wildman–Crippen MR) is 112 cm³/mol. The number of carbonyl (C=O) groups excluding carboxylic acids is 2. The Morgan fingerprint density at radius 3 is 2.52 bits per heavy atom. The third-order valence-corrected chi connectivity index (χ3v) is 6.34. The average molecular weight is 403 g/mol. The zero-order valence-electron chi connectivity index (χ0n) is 15.5. The molecule has 1 saturated heterocycles. The first-order valence-corrected chi connectivity index (χ1v) is 10.3. The lowest BCUT2D eigenvalue weighted by molar-refractivity contribution is -0.115. The molecule has 4 nitrogen and oxygen atoms in total. The van der Waals surface area contributed by atoms with Crippen LogP contribution in [0, 0.1) is 6.92 Å². The number of thioether (sulfide) groups is 1. The molecule has 0 aromatic heterocycles. The lowest BCUT2D eigenvalue weighted by Crippen LogP contribution is -2.29. The zero-order chi connectivity index (χ0) is 19.4. The van der Waals surface area contributed by atoms with E-state index in [1.807, 2.05) is 61.2 Å². The Balaban J connectivity index is 1.71. The molecule has 3 rings (SSSR count). The molecule has 2 aromatic carbocycles. The fraction of sp³-hybridized carbons (Fsp3) is 0.333. The number of hydrogen-bond donors (Lipinski definition) is 1. The Morgan fingerprint density at radius 1 is 1.11 bits per heavy atom. The van der Waals surface area contributed by atoms with Crippen LogP contribution in [0.2, 0.25) is 5.02 Å². The molecular formula is C21H23ClN2O2S. The second kappa shape index (κ2) is 8.81. The minimum atomic E-state index is -0.317. The number of nitrogens with one attached hydrogen (secondary N) is 1. The summed E-state index contributed by atoms with van der Waals surface area (Å²) in [7, 11) is 0. The van der Waals surface area contributed by atoms with Gasteiger partial charge in [0.25, 0.3) is 5.91 Å². The predicted octanol–water partition coefficient (Wildman–Crippen LogP) is 5.00. The fourth-order valence-electron chi connectivity index (χ4n) is 3.11. The van der Waals surface area contributed by atoms with Crippen molar-refractivity contribution in [1.82, 2.24) is 4.90 Å². The molecule has 1 atom stereocenters. The van der Waals surface area contributed by atoms with Gasteiger partial charge in [-0.3, -0.25) is 9.59 Å². The summed E-state index contributed by atoms with van der Waals surface area (Å²) < 4.78 is 0. The van der Waals surface area contributed by atoms with Gasteiger partial charge < -0.3 is 10.2 Å². The summed E-state index contributed by atoms with van der Waals surface area (Å²) in [6.07, 6.45) is 2.11. The number of carbonyl (C=O) groups is 2. The molecule has 0 spiro atoms. The van der Waals surface area contributed by atoms with Gasteiger partial charge in [-0.15, -0.1) is 11.8 Å². The Hall–Kier alpha value is -1.98. The lowest BCUT2D eigenvalue weighted by Gasteiger charge is -2.19. The van der Waals surface area contributed by atoms with Gasteiger partial charge in [0.2, 0.25) is 5.91 Å². The summed E-state index contributed by atoms with van der Waals surface area (Å²) in [5, 5.41) is 3.28. The van der Waals surface area contributed by atoms with Crippen LogP contribution in [0.5, 0.6) is 0 Å². The Bertz CT molecular complexity index is 850. The second-order valence-corrected chi connectivity index (χ2v) is 8.45. The molecule has 1 aliphatic heterocycles. The van der Waals surface area contributed by atoms with E-state index in [0.29, 0.717) is 16.3 Å². The summed E-state index contributed by atoms with van der Waals surface area (Å²) >= 11 is 7.60. The normalized spacial score (nSPS) is 14.9. The Morgan fingerprint density at radius 2 is 1.81 bits per heavy atom. The van der Waals surface area contributed by atoms with Gasteiger partial charge in [0, 0.05) is 29.2 Å². The first-order chi connectivity index (χ1) is 13.0. The summed E-state index contributed by atoms with van der Waals surface area (Å²) in [5.41, 5.74) is 2.13. The average Bonchev–Trinajstić information content (AvgIpc) is 3.19. The highest BCUT2D eigenvalue weighted by Crippen LogP contribution is 2.31. The number of anilines is 1. The highest BCUT2D eigenvalue weighted by Gasteiger charge is 2.23. The Kier molecular flexibility index (Phi) is 6.45. The van der Waals surface area contributed by atoms with Gasteiger partial charge >= 0.3 is 0 Å². The van der Waals surface area contributed by atoms with E-state index < -0.39 is 0 Å². The van der Waals surface area contributed by atoms with Crippen molar-refractivity contribution >= 4 is 40.9 Å². The number of nitrogens with zero attached hydrogens (tertiary/aromatic N) is 1. The first kappa shape index (κ1) is 19.8. The van der Waals surface area contributed by atoms with Crippen LogP contribution >= 0.6 is 23.4 Å². The van der Waals surface area contributed by atoms with Crippen LogP contribution in [-0.4, -0.2) is 35.1 Å². The van der Waals surface area contributed by atoms with Gasteiger partial charge in [0.15, 0.2) is 0 Å². The maximum absolute atomic E-state index is 12.7. The minimum absolute atomic E-state index is 0.0413. The van der Waals surface area contributed by atoms with Crippen LogP contribution in [0.25, 0.3) is 0 Å². The van der Waals surface area contributed by atoms with Crippen LogP contribution in [-0.2, 0) is 4.79 Å². The molecule has 1 aliphatic rings. The standard InChI is InChI=1S/C21H23ClN2O2S/c1-14-16(21(26)24-12-5-6-13-24)8-7-10-18(14)23-20(25)15(2)27-19-11-4-3-9-17(19)22/h3-4,7-11,15H,5-6,12-13H2,1-2H3,(H,23,25). The quantitative estimate of drug-likeness (QED) is 0.715. The Labute approximate surface area is 169 Å². The third-order valence-electron chi connectivity index (χ3n) is 4.72. The van der Waals surface area contributed by atoms with Crippen LogP contribution in [0.4, 0.5) is 5.69 Å². The highest BCUT2D eigenvalue weighted by atomic mass is 35.5. The molecule has 1 fully saturated rings. The number of amides is 2. The summed E-state index contributed by atoms with van der Waals surface area (Å²) in [6, 6.07) is 13.0. The van der Waals surface area contributed by atoms with Crippen molar-refractivity contribution in [2.75, 3.05) is 18.4 Å². The number of benzene rings is 2. The number of halogens is 1. The summed E-state index contributed by atoms with van der Waals surface area (Å²) in [5.74, 6) is -0.0756. The molecule has 6 heteroatoms. The van der Waals surface area contributed by atoms with Crippen molar-refractivity contribution in [2.24, 2.45) is 0 Å². The van der Waals surface area contributed by atoms with E-state index in [-0.39, 0.29) is 17.1 Å². The lowest BCUT2D eigenvalue weighted by atomic mass is 10.1. The summed E-state index contributed by atoms with van der Waals surface area (Å²) in [4.78, 5) is 28.1. The molecule has 1 heterocycles. The zero-order valence-corrected chi connectivity index (χ0v) is 17.1. The highest BCUT2D eigenvalue weighted by molar-refractivity contribution is 8.00. The van der Waals surface area contributed by atoms with Gasteiger partial charge in [-0.25, -0.2) is 0 Å². The van der Waals surface area contributed by atoms with Gasteiger partial charge in [0.1, 0.15) is 0 Å². The summed E-state index contributed by atoms with van der Waals surface area (Å²) in [6.45, 7) is 5.34. The van der Waals surface area contributed by atoms with Crippen LogP contribution < -0.4 is 5.32 Å². The van der Waals surface area contributed by atoms with Gasteiger partial charge in [0.05, 0.1) is 10.3 Å². The number of hydrogen-bond acceptors (Lipinski definition) is 3. The third kappa shape index (κ3) is 4.66. The maximum Gasteiger partial charge on any atom is 0.254 e. The van der Waals surface area contributed by atoms with Crippen molar-refractivity contribution in [3.8, 4) is 0 Å². The van der Waals surface area contributed by atoms with Crippen LogP contribution in [0.1, 0.15) is 35.7 Å². The van der Waals surface area contributed by atoms with Gasteiger partial charge in [-0.1, -0.05) is 29.8 Å². The molecule has 2 aromatic rings. The minimum Gasteiger partial charge on any atom is -0.339 e. The second-order valence-electron chi connectivity index (χ2n) is 6.66. The molecule has 27 heavy (non-hydrogen) atoms. The molecule has 0 aliphatic carbocycles. The largest absolute Gasteiger partial charge is 0.339 e. The molecule has 0 saturated carbocycles. The molecule has 0 bridgehead atoms. The van der Waals surface area contributed by atoms with E-state index in [2.05, 4.69) is 5.32 Å². The molecule has 142 valence electrons. The van der Waals surface area contributed by atoms with Crippen molar-refractivity contribution < 1.29 is 9.59 Å². The van der Waals surface area contributed by atoms with E-state index in [1.165, 1.54) is 11.8 Å². The monoisotopic (exact) mass is 402 g/mol. The van der Waals surface area contributed by atoms with E-state index in [0.717, 1.165) is 36.4 Å². The first-order valence-electron chi connectivity index (χ1n) is 9.08. The van der Waals surface area contributed by atoms with E-state index in [4.69, 9.17) is 11.6 Å². The van der Waals surface area contributed by atoms with Crippen molar-refractivity contribution in [3.63, 3.8) is 0 Å². The van der Waals surface area contributed by atoms with Crippen LogP contribution in [0.3, 0.4) is 0 Å². The molecule has 1 N–H and O–H groups in total. The van der Waals surface area contributed by atoms with Crippen LogP contribution in [0.15, 0.2) is 47.4 Å². The van der Waals surface area contributed by atoms with Crippen molar-refractivity contribution in [3.05, 3.63) is 58.6 Å². The van der Waals surface area contributed by atoms with Crippen molar-refractivity contribution in [1.29, 1.82) is 0 Å². The fourth-order valence-corrected chi connectivity index (χ4v) is 4.27. The van der Waals surface area contributed by atoms with Gasteiger partial charge in [-0.05, 0) is 56.5 Å². The van der Waals surface area contributed by atoms with E-state index in [9.17, 15) is 9.59 Å². The molecular weight excluding hydrogens is 380 g/mol. The smallest absolute Gasteiger partial charge is 0.254 e. The maximum atomic E-state index is 12.7. The van der Waals surface area contributed by atoms with E-state index in [1.54, 1.807) is 0 Å². The molecule has 0 radical (unpaired) electrons.